The van der Waals surface area contributed by atoms with Crippen molar-refractivity contribution in [2.75, 3.05) is 13.2 Å². The fourth-order valence-electron chi connectivity index (χ4n) is 4.08. The molecule has 0 bridgehead atoms. The Morgan fingerprint density at radius 2 is 1.71 bits per heavy atom. The third-order valence-corrected chi connectivity index (χ3v) is 5.95. The van der Waals surface area contributed by atoms with E-state index in [2.05, 4.69) is 41.9 Å². The summed E-state index contributed by atoms with van der Waals surface area (Å²) in [7, 11) is 0. The molecule has 0 saturated heterocycles. The van der Waals surface area contributed by atoms with Crippen LogP contribution in [-0.2, 0) is 24.2 Å². The predicted octanol–water partition coefficient (Wildman–Crippen LogP) is 5.53. The Balaban J connectivity index is 1.32. The number of benzene rings is 3. The van der Waals surface area contributed by atoms with Crippen LogP contribution in [0.5, 0.6) is 5.75 Å². The average Bonchev–Trinajstić information content (AvgIpc) is 3.20. The Morgan fingerprint density at radius 3 is 2.47 bits per heavy atom. The average molecular weight is 456 g/mol. The van der Waals surface area contributed by atoms with Gasteiger partial charge in [-0.2, -0.15) is 0 Å². The number of fused-ring (bicyclic) bond motifs is 1. The first-order valence-electron chi connectivity index (χ1n) is 12.1. The number of imidazole rings is 1. The number of ether oxygens (including phenoxy) is 1. The maximum absolute atomic E-state index is 12.3. The van der Waals surface area contributed by atoms with E-state index >= 15 is 0 Å². The summed E-state index contributed by atoms with van der Waals surface area (Å²) in [5, 5.41) is 3.04. The van der Waals surface area contributed by atoms with E-state index in [4.69, 9.17) is 9.72 Å². The molecule has 0 saturated carbocycles. The number of nitrogens with zero attached hydrogens (tertiary/aromatic N) is 2. The zero-order valence-corrected chi connectivity index (χ0v) is 20.0. The Morgan fingerprint density at radius 1 is 0.971 bits per heavy atom. The van der Waals surface area contributed by atoms with Gasteiger partial charge in [0.1, 0.15) is 11.6 Å². The van der Waals surface area contributed by atoms with E-state index in [0.29, 0.717) is 31.9 Å². The molecule has 1 heterocycles. The van der Waals surface area contributed by atoms with Gasteiger partial charge >= 0.3 is 0 Å². The van der Waals surface area contributed by atoms with Gasteiger partial charge in [0, 0.05) is 19.5 Å². The Hall–Kier alpha value is -3.60. The number of nitrogens with one attached hydrogen (secondary N) is 1. The van der Waals surface area contributed by atoms with E-state index in [-0.39, 0.29) is 5.91 Å². The maximum atomic E-state index is 12.3. The zero-order chi connectivity index (χ0) is 23.8. The van der Waals surface area contributed by atoms with Crippen LogP contribution in [0.15, 0.2) is 78.9 Å². The molecule has 1 aromatic heterocycles. The molecule has 0 radical (unpaired) electrons. The van der Waals surface area contributed by atoms with Crippen molar-refractivity contribution in [1.82, 2.24) is 14.9 Å². The molecule has 5 heteroatoms. The van der Waals surface area contributed by atoms with Gasteiger partial charge in [0.15, 0.2) is 0 Å². The largest absolute Gasteiger partial charge is 0.494 e. The fraction of sp³-hybridized carbons (Fsp3) is 0.310. The molecule has 0 aliphatic carbocycles. The van der Waals surface area contributed by atoms with Crippen molar-refractivity contribution in [3.63, 3.8) is 0 Å². The third kappa shape index (κ3) is 6.25. The number of aromatic nitrogens is 2. The van der Waals surface area contributed by atoms with Gasteiger partial charge in [-0.1, -0.05) is 68.4 Å². The molecule has 4 aromatic rings. The Labute approximate surface area is 201 Å². The molecule has 176 valence electrons. The van der Waals surface area contributed by atoms with Crippen LogP contribution in [0.3, 0.4) is 0 Å². The molecule has 0 aliphatic heterocycles. The minimum atomic E-state index is 0.0331. The highest BCUT2D eigenvalue weighted by molar-refractivity contribution is 5.78. The first kappa shape index (κ1) is 23.6. The minimum Gasteiger partial charge on any atom is -0.494 e. The van der Waals surface area contributed by atoms with Gasteiger partial charge in [-0.3, -0.25) is 4.79 Å². The number of aryl methyl sites for hydroxylation is 1. The van der Waals surface area contributed by atoms with Crippen LogP contribution in [0.25, 0.3) is 11.0 Å². The highest BCUT2D eigenvalue weighted by Gasteiger charge is 2.11. The number of hydrogen-bond donors (Lipinski definition) is 1. The molecular formula is C29H33N3O2. The van der Waals surface area contributed by atoms with E-state index < -0.39 is 0 Å². The van der Waals surface area contributed by atoms with Gasteiger partial charge in [0.25, 0.3) is 0 Å². The summed E-state index contributed by atoms with van der Waals surface area (Å²) in [6, 6.07) is 26.4. The van der Waals surface area contributed by atoms with Crippen LogP contribution in [-0.4, -0.2) is 28.6 Å². The van der Waals surface area contributed by atoms with E-state index in [1.807, 2.05) is 60.7 Å². The lowest BCUT2D eigenvalue weighted by atomic mass is 10.0. The van der Waals surface area contributed by atoms with Crippen molar-refractivity contribution in [3.8, 4) is 5.75 Å². The highest BCUT2D eigenvalue weighted by Crippen LogP contribution is 2.20. The van der Waals surface area contributed by atoms with Crippen molar-refractivity contribution >= 4 is 16.9 Å². The molecule has 1 N–H and O–H groups in total. The lowest BCUT2D eigenvalue weighted by Gasteiger charge is -2.12. The molecule has 0 fully saturated rings. The second kappa shape index (κ2) is 11.5. The fourth-order valence-corrected chi connectivity index (χ4v) is 4.08. The second-order valence-electron chi connectivity index (χ2n) is 8.86. The lowest BCUT2D eigenvalue weighted by Crippen LogP contribution is -2.28. The number of hydrogen-bond acceptors (Lipinski definition) is 3. The van der Waals surface area contributed by atoms with Crippen LogP contribution in [0, 0.1) is 0 Å². The van der Waals surface area contributed by atoms with Crippen LogP contribution in [0.4, 0.5) is 0 Å². The van der Waals surface area contributed by atoms with Gasteiger partial charge < -0.3 is 14.6 Å². The molecular weight excluding hydrogens is 422 g/mol. The van der Waals surface area contributed by atoms with E-state index in [1.165, 1.54) is 5.56 Å². The molecule has 34 heavy (non-hydrogen) atoms. The smallest absolute Gasteiger partial charge is 0.224 e. The number of carbonyl (C=O) groups excluding carboxylic acids is 1. The summed E-state index contributed by atoms with van der Waals surface area (Å²) < 4.78 is 8.22. The van der Waals surface area contributed by atoms with Gasteiger partial charge in [0.2, 0.25) is 5.91 Å². The molecule has 4 rings (SSSR count). The number of rotatable bonds is 11. The monoisotopic (exact) mass is 455 g/mol. The van der Waals surface area contributed by atoms with E-state index in [9.17, 15) is 4.79 Å². The van der Waals surface area contributed by atoms with Crippen molar-refractivity contribution in [2.24, 2.45) is 0 Å². The zero-order valence-electron chi connectivity index (χ0n) is 20.0. The first-order chi connectivity index (χ1) is 16.6. The lowest BCUT2D eigenvalue weighted by molar-refractivity contribution is -0.120. The summed E-state index contributed by atoms with van der Waals surface area (Å²) in [6.45, 7) is 6.40. The summed E-state index contributed by atoms with van der Waals surface area (Å²) in [6.07, 6.45) is 1.96. The molecule has 0 aliphatic rings. The van der Waals surface area contributed by atoms with Crippen molar-refractivity contribution in [3.05, 3.63) is 95.8 Å². The minimum absolute atomic E-state index is 0.0331. The summed E-state index contributed by atoms with van der Waals surface area (Å²) >= 11 is 0. The SMILES string of the molecule is CC(C)c1ccc(OCCCn2c(CCNC(=O)Cc3ccccc3)nc3ccccc32)cc1. The summed E-state index contributed by atoms with van der Waals surface area (Å²) in [5.41, 5.74) is 4.44. The van der Waals surface area contributed by atoms with Gasteiger partial charge in [-0.05, 0) is 47.7 Å². The maximum Gasteiger partial charge on any atom is 0.224 e. The van der Waals surface area contributed by atoms with Crippen molar-refractivity contribution < 1.29 is 9.53 Å². The Bertz CT molecular complexity index is 1200. The Kier molecular flexibility index (Phi) is 7.97. The summed E-state index contributed by atoms with van der Waals surface area (Å²) in [4.78, 5) is 17.1. The van der Waals surface area contributed by atoms with Crippen molar-refractivity contribution in [1.29, 1.82) is 0 Å². The molecule has 0 atom stereocenters. The molecule has 0 spiro atoms. The van der Waals surface area contributed by atoms with Crippen LogP contribution < -0.4 is 10.1 Å². The highest BCUT2D eigenvalue weighted by atomic mass is 16.5. The standard InChI is InChI=1S/C29H33N3O2/c1-22(2)24-13-15-25(16-14-24)34-20-8-19-32-27-12-7-6-11-26(27)31-28(32)17-18-30-29(33)21-23-9-4-3-5-10-23/h3-7,9-16,22H,8,17-21H2,1-2H3,(H,30,33). The predicted molar refractivity (Wildman–Crippen MR) is 137 cm³/mol. The number of carbonyl (C=O) groups is 1. The molecule has 1 amide bonds. The normalized spacial score (nSPS) is 11.1. The quantitative estimate of drug-likeness (QED) is 0.303. The van der Waals surface area contributed by atoms with Gasteiger partial charge in [-0.15, -0.1) is 0 Å². The van der Waals surface area contributed by atoms with E-state index in [1.54, 1.807) is 0 Å². The topological polar surface area (TPSA) is 56.1 Å². The van der Waals surface area contributed by atoms with Crippen molar-refractivity contribution in [2.45, 2.75) is 45.6 Å². The van der Waals surface area contributed by atoms with Crippen LogP contribution in [0.2, 0.25) is 0 Å². The van der Waals surface area contributed by atoms with Crippen LogP contribution in [0.1, 0.15) is 43.1 Å². The van der Waals surface area contributed by atoms with Gasteiger partial charge in [0.05, 0.1) is 24.1 Å². The third-order valence-electron chi connectivity index (χ3n) is 5.95. The molecule has 5 nitrogen and oxygen atoms in total. The number of amides is 1. The molecule has 3 aromatic carbocycles. The number of para-hydroxylation sites is 2. The van der Waals surface area contributed by atoms with E-state index in [0.717, 1.165) is 41.1 Å². The van der Waals surface area contributed by atoms with Gasteiger partial charge in [-0.25, -0.2) is 4.98 Å². The second-order valence-corrected chi connectivity index (χ2v) is 8.86. The molecule has 0 unspecified atom stereocenters. The summed E-state index contributed by atoms with van der Waals surface area (Å²) in [5.74, 6) is 2.44. The first-order valence-corrected chi connectivity index (χ1v) is 12.1. The van der Waals surface area contributed by atoms with Crippen LogP contribution >= 0.6 is 0 Å².